The van der Waals surface area contributed by atoms with E-state index in [2.05, 4.69) is 78.1 Å². The lowest BCUT2D eigenvalue weighted by molar-refractivity contribution is -0.740. The number of nitro groups is 2. The average Bonchev–Trinajstić information content (AvgIpc) is 3.75. The van der Waals surface area contributed by atoms with E-state index in [1.165, 1.54) is 73.6 Å². The molecule has 7 aromatic carbocycles. The van der Waals surface area contributed by atoms with Crippen LogP contribution in [0.2, 0.25) is 10.0 Å². The highest BCUT2D eigenvalue weighted by atomic mass is 35.5. The van der Waals surface area contributed by atoms with Crippen LogP contribution in [0.5, 0.6) is 0 Å². The average molecular weight is 1120 g/mol. The molecule has 0 aliphatic heterocycles. The van der Waals surface area contributed by atoms with E-state index in [-0.39, 0.29) is 45.8 Å². The summed E-state index contributed by atoms with van der Waals surface area (Å²) in [6.45, 7) is 7.35. The Hall–Kier alpha value is -9.13. The van der Waals surface area contributed by atoms with E-state index in [1.54, 1.807) is 74.5 Å². The Morgan fingerprint density at radius 3 is 1.32 bits per heavy atom. The van der Waals surface area contributed by atoms with Gasteiger partial charge in [0.1, 0.15) is 35.0 Å². The van der Waals surface area contributed by atoms with Crippen molar-refractivity contribution in [3.8, 4) is 22.5 Å². The molecule has 2 amide bonds. The number of nitro benzene ring substituents is 2. The van der Waals surface area contributed by atoms with Crippen LogP contribution in [0.1, 0.15) is 58.7 Å². The molecule has 0 saturated carbocycles. The summed E-state index contributed by atoms with van der Waals surface area (Å²) in [4.78, 5) is 70.2. The van der Waals surface area contributed by atoms with Gasteiger partial charge in [-0.1, -0.05) is 116 Å². The van der Waals surface area contributed by atoms with Crippen LogP contribution in [0.3, 0.4) is 0 Å². The Bertz CT molecular complexity index is 3280. The molecule has 8 aromatic rings. The SMILES string of the molecule is C.CC(C(=O)O)N(C(=O)c1ccccc1)c1ccc(F)c(Cl)c1.C[C@H](C(=O)O)N(C(=O)c1ccccc1)c1ccc(F)c(Cl)c1.Cc1cc([N+](=O)[O-])c(C)c([N+](=O)[O-])c1C.Cn1c(-c2ccccc2)cc(-c2ccccc2)[n+]1C. The summed E-state index contributed by atoms with van der Waals surface area (Å²) in [6.07, 6.45) is 0. The first-order valence-electron chi connectivity index (χ1n) is 23.7. The number of aromatic nitrogens is 2. The molecule has 16 nitrogen and oxygen atoms in total. The summed E-state index contributed by atoms with van der Waals surface area (Å²) < 4.78 is 30.9. The molecule has 0 radical (unpaired) electrons. The summed E-state index contributed by atoms with van der Waals surface area (Å²) >= 11 is 11.5. The number of carbonyl (C=O) groups excluding carboxylic acids is 2. The Morgan fingerprint density at radius 2 is 0.962 bits per heavy atom. The number of aliphatic carboxylic acids is 2. The summed E-state index contributed by atoms with van der Waals surface area (Å²) in [6, 6.07) is 46.1. The number of benzene rings is 7. The lowest BCUT2D eigenvalue weighted by Gasteiger charge is -2.27. The highest BCUT2D eigenvalue weighted by molar-refractivity contribution is 6.31. The minimum absolute atomic E-state index is 0. The highest BCUT2D eigenvalue weighted by Gasteiger charge is 2.31. The zero-order valence-electron chi connectivity index (χ0n) is 43.2. The van der Waals surface area contributed by atoms with E-state index in [9.17, 15) is 58.4 Å². The van der Waals surface area contributed by atoms with Crippen molar-refractivity contribution in [3.63, 3.8) is 0 Å². The van der Waals surface area contributed by atoms with E-state index in [4.69, 9.17) is 23.2 Å². The number of rotatable bonds is 12. The Balaban J connectivity index is 0.000000228. The van der Waals surface area contributed by atoms with Crippen LogP contribution < -0.4 is 14.5 Å². The fourth-order valence-electron chi connectivity index (χ4n) is 7.84. The van der Waals surface area contributed by atoms with Gasteiger partial charge in [-0.2, -0.15) is 4.68 Å². The second-order valence-corrected chi connectivity index (χ2v) is 18.1. The summed E-state index contributed by atoms with van der Waals surface area (Å²) in [5.74, 6) is -4.63. The number of carboxylic acids is 2. The zero-order chi connectivity index (χ0) is 57.5. The normalized spacial score (nSPS) is 11.0. The van der Waals surface area contributed by atoms with Crippen molar-refractivity contribution in [1.82, 2.24) is 4.68 Å². The van der Waals surface area contributed by atoms with Gasteiger partial charge in [0.25, 0.3) is 23.2 Å². The molecule has 0 aliphatic rings. The van der Waals surface area contributed by atoms with Crippen LogP contribution >= 0.6 is 23.2 Å². The molecule has 8 rings (SSSR count). The predicted octanol–water partition coefficient (Wildman–Crippen LogP) is 13.4. The predicted molar refractivity (Wildman–Crippen MR) is 302 cm³/mol. The minimum Gasteiger partial charge on any atom is -0.480 e. The molecule has 2 N–H and O–H groups in total. The summed E-state index contributed by atoms with van der Waals surface area (Å²) in [5.41, 5.74) is 6.79. The molecule has 2 atom stereocenters. The molecule has 0 saturated heterocycles. The molecular weight excluding hydrogens is 1060 g/mol. The number of nitrogens with zero attached hydrogens (tertiary/aromatic N) is 6. The van der Waals surface area contributed by atoms with Crippen molar-refractivity contribution in [3.05, 3.63) is 240 Å². The van der Waals surface area contributed by atoms with Gasteiger partial charge in [0.2, 0.25) is 5.69 Å². The first-order valence-corrected chi connectivity index (χ1v) is 24.4. The maximum absolute atomic E-state index is 13.3. The quantitative estimate of drug-likeness (QED) is 0.0671. The molecule has 1 heterocycles. The zero-order valence-corrected chi connectivity index (χ0v) is 44.7. The van der Waals surface area contributed by atoms with E-state index in [1.807, 2.05) is 12.1 Å². The lowest BCUT2D eigenvalue weighted by atomic mass is 10.0. The molecule has 0 bridgehead atoms. The number of hydrogen-bond donors (Lipinski definition) is 2. The van der Waals surface area contributed by atoms with Gasteiger partial charge in [0, 0.05) is 51.3 Å². The number of hydrogen-bond acceptors (Lipinski definition) is 8. The highest BCUT2D eigenvalue weighted by Crippen LogP contribution is 2.33. The molecule has 1 aromatic heterocycles. The van der Waals surface area contributed by atoms with Gasteiger partial charge in [0.05, 0.1) is 26.9 Å². The molecule has 20 heteroatoms. The van der Waals surface area contributed by atoms with Crippen molar-refractivity contribution >= 4 is 69.7 Å². The van der Waals surface area contributed by atoms with E-state index >= 15 is 0 Å². The van der Waals surface area contributed by atoms with Crippen LogP contribution in [0.4, 0.5) is 31.5 Å². The molecule has 410 valence electrons. The van der Waals surface area contributed by atoms with Gasteiger partial charge in [-0.05, 0) is 113 Å². The van der Waals surface area contributed by atoms with Crippen molar-refractivity contribution in [2.75, 3.05) is 9.80 Å². The van der Waals surface area contributed by atoms with E-state index in [0.717, 1.165) is 21.9 Å². The number of halogens is 4. The largest absolute Gasteiger partial charge is 0.480 e. The van der Waals surface area contributed by atoms with Crippen LogP contribution in [0, 0.1) is 52.6 Å². The van der Waals surface area contributed by atoms with Gasteiger partial charge in [0.15, 0.2) is 7.05 Å². The van der Waals surface area contributed by atoms with Crippen LogP contribution in [-0.4, -0.2) is 60.6 Å². The standard InChI is InChI=1S/C17H17N2.2C16H13ClFNO3.C9H10N2O4.CH4/c1-18-16(14-9-5-3-6-10-14)13-17(19(18)2)15-11-7-4-8-12-15;2*1-10(16(21)22)19(12-7-8-14(18)13(17)9-12)15(20)11-5-3-2-4-6-11;1-5-4-8(10(12)13)7(3)9(6(5)2)11(14)15;/h3-13H,1-2H3;2*2-10H,1H3,(H,21,22);4H,1-3H3;1H4/q+1;;;;/t;10-;;;/m.1.../s1. The Morgan fingerprint density at radius 1 is 0.582 bits per heavy atom. The third-order valence-electron chi connectivity index (χ3n) is 12.3. The molecule has 0 spiro atoms. The van der Waals surface area contributed by atoms with Gasteiger partial charge < -0.3 is 10.2 Å². The third kappa shape index (κ3) is 15.5. The molecule has 0 fully saturated rings. The van der Waals surface area contributed by atoms with Gasteiger partial charge >= 0.3 is 11.9 Å². The fourth-order valence-corrected chi connectivity index (χ4v) is 8.19. The van der Waals surface area contributed by atoms with Gasteiger partial charge in [-0.25, -0.2) is 18.4 Å². The van der Waals surface area contributed by atoms with E-state index in [0.29, 0.717) is 22.3 Å². The van der Waals surface area contributed by atoms with Crippen LogP contribution in [0.15, 0.2) is 170 Å². The second-order valence-electron chi connectivity index (χ2n) is 17.3. The smallest absolute Gasteiger partial charge is 0.326 e. The van der Waals surface area contributed by atoms with Crippen LogP contribution in [-0.2, 0) is 23.7 Å². The molecular formula is C59H57Cl2F2N6O10+. The monoisotopic (exact) mass is 1120 g/mol. The third-order valence-corrected chi connectivity index (χ3v) is 12.9. The first kappa shape index (κ1) is 62.4. The van der Waals surface area contributed by atoms with Crippen LogP contribution in [0.25, 0.3) is 22.5 Å². The molecule has 79 heavy (non-hydrogen) atoms. The maximum Gasteiger partial charge on any atom is 0.326 e. The lowest BCUT2D eigenvalue weighted by Crippen LogP contribution is -2.43. The Kier molecular flexibility index (Phi) is 22.4. The number of carbonyl (C=O) groups is 4. The summed E-state index contributed by atoms with van der Waals surface area (Å²) in [5, 5.41) is 39.5. The second kappa shape index (κ2) is 28.3. The number of aryl methyl sites for hydroxylation is 1. The van der Waals surface area contributed by atoms with Crippen molar-refractivity contribution < 1.29 is 52.7 Å². The number of carboxylic acid groups (broad SMARTS) is 2. The number of anilines is 2. The minimum atomic E-state index is -1.18. The maximum atomic E-state index is 13.3. The fraction of sp³-hybridized carbons (Fsp3) is 0.169. The first-order chi connectivity index (χ1) is 37.0. The topological polar surface area (TPSA) is 210 Å². The van der Waals surface area contributed by atoms with Crippen molar-refractivity contribution in [2.45, 2.75) is 54.1 Å². The van der Waals surface area contributed by atoms with Gasteiger partial charge in [-0.3, -0.25) is 39.6 Å². The molecule has 1 unspecified atom stereocenters. The van der Waals surface area contributed by atoms with E-state index < -0.39 is 57.3 Å². The molecule has 0 aliphatic carbocycles. The summed E-state index contributed by atoms with van der Waals surface area (Å²) in [7, 11) is 4.18. The van der Waals surface area contributed by atoms with Crippen molar-refractivity contribution in [2.24, 2.45) is 14.1 Å². The number of amides is 2. The Labute approximate surface area is 465 Å². The van der Waals surface area contributed by atoms with Crippen molar-refractivity contribution in [1.29, 1.82) is 0 Å². The van der Waals surface area contributed by atoms with Gasteiger partial charge in [-0.15, -0.1) is 4.68 Å².